The van der Waals surface area contributed by atoms with Gasteiger partial charge in [0.05, 0.1) is 0 Å². The molecule has 20 heavy (non-hydrogen) atoms. The molecule has 0 aliphatic carbocycles. The van der Waals surface area contributed by atoms with Gasteiger partial charge in [-0.05, 0) is 6.07 Å². The van der Waals surface area contributed by atoms with Crippen LogP contribution in [0, 0.1) is 17.5 Å². The summed E-state index contributed by atoms with van der Waals surface area (Å²) in [5.41, 5.74) is -2.61. The Morgan fingerprint density at radius 1 is 1.25 bits per heavy atom. The van der Waals surface area contributed by atoms with E-state index in [-0.39, 0.29) is 6.07 Å². The Hall–Kier alpha value is -2.91. The third-order valence-corrected chi connectivity index (χ3v) is 2.17. The molecule has 1 aromatic carbocycles. The Bertz CT molecular complexity index is 688. The maximum atomic E-state index is 13.5. The van der Waals surface area contributed by atoms with Gasteiger partial charge in [-0.15, -0.1) is 5.10 Å². The summed E-state index contributed by atoms with van der Waals surface area (Å²) in [6, 6.07) is 0.223. The van der Waals surface area contributed by atoms with Crippen molar-refractivity contribution in [3.8, 4) is 0 Å². The largest absolute Gasteiger partial charge is 0.477 e. The molecule has 0 atom stereocenters. The molecular formula is C10H4F3N3O4. The molecule has 0 amide bonds. The van der Waals surface area contributed by atoms with E-state index in [4.69, 9.17) is 5.11 Å². The number of halogens is 3. The maximum Gasteiger partial charge on any atom is 0.368 e. The number of rotatable bonds is 3. The van der Waals surface area contributed by atoms with Crippen LogP contribution in [0.25, 0.3) is 0 Å². The van der Waals surface area contributed by atoms with Crippen molar-refractivity contribution in [2.45, 2.75) is 0 Å². The molecule has 0 fully saturated rings. The van der Waals surface area contributed by atoms with Gasteiger partial charge in [0, 0.05) is 0 Å². The van der Waals surface area contributed by atoms with Gasteiger partial charge in [-0.25, -0.2) is 27.7 Å². The molecule has 2 rings (SSSR count). The van der Waals surface area contributed by atoms with E-state index in [9.17, 15) is 22.8 Å². The average molecular weight is 287 g/mol. The molecule has 0 spiro atoms. The van der Waals surface area contributed by atoms with Gasteiger partial charge in [0.2, 0.25) is 0 Å². The summed E-state index contributed by atoms with van der Waals surface area (Å²) in [5.74, 6) is -8.92. The fraction of sp³-hybridized carbons (Fsp3) is 0. The Balaban J connectivity index is 2.43. The smallest absolute Gasteiger partial charge is 0.368 e. The molecule has 7 nitrogen and oxygen atoms in total. The lowest BCUT2D eigenvalue weighted by Crippen LogP contribution is -2.23. The van der Waals surface area contributed by atoms with Gasteiger partial charge < -0.3 is 9.94 Å². The van der Waals surface area contributed by atoms with Crippen molar-refractivity contribution in [2.24, 2.45) is 0 Å². The van der Waals surface area contributed by atoms with Crippen molar-refractivity contribution in [2.75, 3.05) is 0 Å². The van der Waals surface area contributed by atoms with Crippen LogP contribution in [0.1, 0.15) is 20.7 Å². The molecule has 0 aliphatic heterocycles. The third kappa shape index (κ3) is 2.30. The molecule has 0 aliphatic rings. The fourth-order valence-corrected chi connectivity index (χ4v) is 1.32. The predicted molar refractivity (Wildman–Crippen MR) is 54.2 cm³/mol. The van der Waals surface area contributed by atoms with E-state index < -0.39 is 40.5 Å². The number of benzene rings is 1. The van der Waals surface area contributed by atoms with Gasteiger partial charge in [0.1, 0.15) is 23.3 Å². The molecule has 0 saturated carbocycles. The Morgan fingerprint density at radius 3 is 2.50 bits per heavy atom. The van der Waals surface area contributed by atoms with E-state index in [1.54, 1.807) is 0 Å². The van der Waals surface area contributed by atoms with Crippen LogP contribution >= 0.6 is 0 Å². The standard InChI is InChI=1S/C10H4F3N3O4/c11-5-1-4(7(12)8(13)6(5)9(17)18)10(19)20-16-3-14-2-15-16/h1-3H,(H,17,18). The predicted octanol–water partition coefficient (Wildman–Crippen LogP) is 0.663. The van der Waals surface area contributed by atoms with E-state index in [0.29, 0.717) is 4.85 Å². The molecule has 1 heterocycles. The lowest BCUT2D eigenvalue weighted by molar-refractivity contribution is 0.0384. The summed E-state index contributed by atoms with van der Waals surface area (Å²) in [6.45, 7) is 0. The van der Waals surface area contributed by atoms with Gasteiger partial charge in [-0.3, -0.25) is 0 Å². The van der Waals surface area contributed by atoms with E-state index in [2.05, 4.69) is 14.9 Å². The maximum absolute atomic E-state index is 13.5. The summed E-state index contributed by atoms with van der Waals surface area (Å²) in [6.07, 6.45) is 1.94. The topological polar surface area (TPSA) is 94.3 Å². The minimum absolute atomic E-state index is 0.223. The first-order valence-electron chi connectivity index (χ1n) is 4.90. The number of carboxylic acids is 1. The average Bonchev–Trinajstić information content (AvgIpc) is 2.86. The second-order valence-corrected chi connectivity index (χ2v) is 3.39. The Morgan fingerprint density at radius 2 is 1.95 bits per heavy atom. The minimum Gasteiger partial charge on any atom is -0.477 e. The Kier molecular flexibility index (Phi) is 3.37. The zero-order valence-corrected chi connectivity index (χ0v) is 9.38. The number of aromatic nitrogens is 3. The van der Waals surface area contributed by atoms with Crippen molar-refractivity contribution in [3.63, 3.8) is 0 Å². The van der Waals surface area contributed by atoms with Gasteiger partial charge in [0.15, 0.2) is 18.0 Å². The third-order valence-electron chi connectivity index (χ3n) is 2.17. The number of nitrogens with zero attached hydrogens (tertiary/aromatic N) is 3. The molecule has 10 heteroatoms. The van der Waals surface area contributed by atoms with Crippen LogP contribution in [0.5, 0.6) is 0 Å². The van der Waals surface area contributed by atoms with Crippen molar-refractivity contribution in [1.29, 1.82) is 0 Å². The number of carboxylic acid groups (broad SMARTS) is 1. The number of hydrogen-bond acceptors (Lipinski definition) is 5. The van der Waals surface area contributed by atoms with Crippen LogP contribution < -0.4 is 4.84 Å². The Labute approximate surface area is 108 Å². The van der Waals surface area contributed by atoms with Crippen LogP contribution in [0.4, 0.5) is 13.2 Å². The van der Waals surface area contributed by atoms with E-state index in [1.807, 2.05) is 0 Å². The highest BCUT2D eigenvalue weighted by Gasteiger charge is 2.27. The lowest BCUT2D eigenvalue weighted by atomic mass is 10.1. The van der Waals surface area contributed by atoms with Gasteiger partial charge >= 0.3 is 11.9 Å². The van der Waals surface area contributed by atoms with Crippen LogP contribution in [0.3, 0.4) is 0 Å². The number of carbonyl (C=O) groups excluding carboxylic acids is 1. The summed E-state index contributed by atoms with van der Waals surface area (Å²) in [7, 11) is 0. The normalized spacial score (nSPS) is 10.3. The highest BCUT2D eigenvalue weighted by atomic mass is 19.2. The van der Waals surface area contributed by atoms with Crippen molar-refractivity contribution in [1.82, 2.24) is 14.9 Å². The summed E-state index contributed by atoms with van der Waals surface area (Å²) < 4.78 is 40.3. The number of hydrogen-bond donors (Lipinski definition) is 1. The number of aromatic carboxylic acids is 1. The van der Waals surface area contributed by atoms with Crippen LogP contribution in [-0.4, -0.2) is 32.0 Å². The molecule has 1 aromatic heterocycles. The summed E-state index contributed by atoms with van der Waals surface area (Å²) >= 11 is 0. The van der Waals surface area contributed by atoms with E-state index >= 15 is 0 Å². The first kappa shape index (κ1) is 13.5. The van der Waals surface area contributed by atoms with Crippen LogP contribution in [-0.2, 0) is 0 Å². The first-order chi connectivity index (χ1) is 9.41. The van der Waals surface area contributed by atoms with Gasteiger partial charge in [-0.2, -0.15) is 0 Å². The van der Waals surface area contributed by atoms with Crippen LogP contribution in [0.15, 0.2) is 18.7 Å². The molecule has 1 N–H and O–H groups in total. The van der Waals surface area contributed by atoms with Crippen molar-refractivity contribution >= 4 is 11.9 Å². The number of carbonyl (C=O) groups is 2. The zero-order valence-electron chi connectivity index (χ0n) is 9.38. The monoisotopic (exact) mass is 287 g/mol. The fourth-order valence-electron chi connectivity index (χ4n) is 1.32. The van der Waals surface area contributed by atoms with E-state index in [0.717, 1.165) is 12.7 Å². The molecule has 104 valence electrons. The highest BCUT2D eigenvalue weighted by Crippen LogP contribution is 2.20. The molecule has 2 aromatic rings. The van der Waals surface area contributed by atoms with Crippen LogP contribution in [0.2, 0.25) is 0 Å². The minimum atomic E-state index is -2.00. The summed E-state index contributed by atoms with van der Waals surface area (Å²) in [4.78, 5) is 30.4. The van der Waals surface area contributed by atoms with Crippen molar-refractivity contribution in [3.05, 3.63) is 47.3 Å². The molecule has 0 bridgehead atoms. The van der Waals surface area contributed by atoms with E-state index in [1.165, 1.54) is 0 Å². The molecule has 0 unspecified atom stereocenters. The van der Waals surface area contributed by atoms with Crippen molar-refractivity contribution < 1.29 is 32.7 Å². The quantitative estimate of drug-likeness (QED) is 0.833. The SMILES string of the molecule is O=C(On1cncn1)c1cc(F)c(C(=O)O)c(F)c1F. The van der Waals surface area contributed by atoms with Gasteiger partial charge in [0.25, 0.3) is 0 Å². The molecule has 0 saturated heterocycles. The lowest BCUT2D eigenvalue weighted by Gasteiger charge is -2.06. The molecular weight excluding hydrogens is 283 g/mol. The zero-order chi connectivity index (χ0) is 14.9. The summed E-state index contributed by atoms with van der Waals surface area (Å²) in [5, 5.41) is 11.9. The first-order valence-corrected chi connectivity index (χ1v) is 4.90. The highest BCUT2D eigenvalue weighted by molar-refractivity contribution is 5.93. The second-order valence-electron chi connectivity index (χ2n) is 3.39. The van der Waals surface area contributed by atoms with Gasteiger partial charge in [-0.1, -0.05) is 4.85 Å². The molecule has 0 radical (unpaired) electrons. The second kappa shape index (κ2) is 4.99.